The average molecular weight is 268 g/mol. The molecule has 0 saturated carbocycles. The van der Waals surface area contributed by atoms with Crippen molar-refractivity contribution in [2.45, 2.75) is 24.9 Å². The lowest BCUT2D eigenvalue weighted by Crippen LogP contribution is -2.48. The van der Waals surface area contributed by atoms with Crippen molar-refractivity contribution in [3.8, 4) is 0 Å². The summed E-state index contributed by atoms with van der Waals surface area (Å²) in [5, 5.41) is 6.82. The summed E-state index contributed by atoms with van der Waals surface area (Å²) in [6.45, 7) is 2.57. The smallest absolute Gasteiger partial charge is 0.157 e. The molecule has 2 fully saturated rings. The van der Waals surface area contributed by atoms with E-state index in [1.165, 1.54) is 4.88 Å². The van der Waals surface area contributed by atoms with Crippen molar-refractivity contribution >= 4 is 28.3 Å². The van der Waals surface area contributed by atoms with E-state index in [9.17, 15) is 0 Å². The van der Waals surface area contributed by atoms with Crippen LogP contribution in [0.3, 0.4) is 0 Å². The van der Waals surface area contributed by atoms with E-state index in [0.717, 1.165) is 43.5 Å². The van der Waals surface area contributed by atoms with Crippen molar-refractivity contribution in [2.75, 3.05) is 19.0 Å². The van der Waals surface area contributed by atoms with Crippen molar-refractivity contribution < 1.29 is 4.74 Å². The molecule has 5 heteroatoms. The summed E-state index contributed by atoms with van der Waals surface area (Å²) in [7, 11) is 0. The van der Waals surface area contributed by atoms with Gasteiger partial charge in [0.2, 0.25) is 0 Å². The topological polar surface area (TPSA) is 33.6 Å². The molecule has 1 N–H and O–H groups in total. The first-order chi connectivity index (χ1) is 8.36. The maximum atomic E-state index is 5.42. The molecule has 17 heavy (non-hydrogen) atoms. The van der Waals surface area contributed by atoms with Gasteiger partial charge in [0.25, 0.3) is 0 Å². The summed E-state index contributed by atoms with van der Waals surface area (Å²) in [5.41, 5.74) is 0.261. The van der Waals surface area contributed by atoms with Crippen LogP contribution in [0.1, 0.15) is 17.7 Å². The fourth-order valence-corrected chi connectivity index (χ4v) is 4.02. The summed E-state index contributed by atoms with van der Waals surface area (Å²) in [6, 6.07) is 4.22. The molecule has 0 radical (unpaired) electrons. The van der Waals surface area contributed by atoms with Gasteiger partial charge in [-0.2, -0.15) is 0 Å². The Bertz CT molecular complexity index is 397. The van der Waals surface area contributed by atoms with Gasteiger partial charge in [-0.1, -0.05) is 17.8 Å². The third-order valence-electron chi connectivity index (χ3n) is 3.27. The highest BCUT2D eigenvalue weighted by molar-refractivity contribution is 8.14. The molecule has 3 heterocycles. The van der Waals surface area contributed by atoms with Gasteiger partial charge in [-0.25, -0.2) is 0 Å². The summed E-state index contributed by atoms with van der Waals surface area (Å²) in [6.07, 6.45) is 2.22. The van der Waals surface area contributed by atoms with E-state index in [-0.39, 0.29) is 5.54 Å². The van der Waals surface area contributed by atoms with E-state index in [1.54, 1.807) is 11.3 Å². The van der Waals surface area contributed by atoms with Gasteiger partial charge >= 0.3 is 0 Å². The minimum atomic E-state index is 0.261. The molecule has 1 spiro atoms. The Hall–Kier alpha value is -0.520. The average Bonchev–Trinajstić information content (AvgIpc) is 2.98. The monoisotopic (exact) mass is 268 g/mol. The fourth-order valence-electron chi connectivity index (χ4n) is 2.17. The third kappa shape index (κ3) is 2.67. The molecule has 0 atom stereocenters. The van der Waals surface area contributed by atoms with Gasteiger partial charge < -0.3 is 10.1 Å². The second-order valence-corrected chi connectivity index (χ2v) is 6.50. The number of nitrogens with zero attached hydrogens (tertiary/aromatic N) is 1. The Balaban J connectivity index is 1.61. The van der Waals surface area contributed by atoms with E-state index < -0.39 is 0 Å². The van der Waals surface area contributed by atoms with Gasteiger partial charge in [0.15, 0.2) is 5.17 Å². The Morgan fingerprint density at radius 1 is 1.41 bits per heavy atom. The summed E-state index contributed by atoms with van der Waals surface area (Å²) >= 11 is 3.63. The molecule has 0 aromatic carbocycles. The maximum absolute atomic E-state index is 5.42. The van der Waals surface area contributed by atoms with Gasteiger partial charge in [-0.05, 0) is 24.3 Å². The Morgan fingerprint density at radius 2 is 2.29 bits per heavy atom. The SMILES string of the molecule is c1csc(CN=C2NC3(CCOCC3)CS2)c1. The van der Waals surface area contributed by atoms with Crippen LogP contribution in [-0.4, -0.2) is 29.7 Å². The fraction of sp³-hybridized carbons (Fsp3) is 0.583. The normalized spacial score (nSPS) is 25.3. The molecule has 0 bridgehead atoms. The van der Waals surface area contributed by atoms with Crippen LogP contribution in [0.15, 0.2) is 22.5 Å². The summed E-state index contributed by atoms with van der Waals surface area (Å²) in [4.78, 5) is 5.98. The van der Waals surface area contributed by atoms with Crippen molar-refractivity contribution in [1.29, 1.82) is 0 Å². The van der Waals surface area contributed by atoms with Crippen LogP contribution in [0.4, 0.5) is 0 Å². The Labute approximate surface area is 110 Å². The highest BCUT2D eigenvalue weighted by Gasteiger charge is 2.38. The predicted molar refractivity (Wildman–Crippen MR) is 73.8 cm³/mol. The van der Waals surface area contributed by atoms with E-state index in [4.69, 9.17) is 4.74 Å². The third-order valence-corrected chi connectivity index (χ3v) is 5.33. The number of ether oxygens (including phenoxy) is 1. The number of aliphatic imine (C=N–C) groups is 1. The van der Waals surface area contributed by atoms with Gasteiger partial charge in [-0.15, -0.1) is 11.3 Å². The first-order valence-electron chi connectivity index (χ1n) is 5.92. The summed E-state index contributed by atoms with van der Waals surface area (Å²) < 4.78 is 5.42. The lowest BCUT2D eigenvalue weighted by molar-refractivity contribution is 0.0555. The minimum Gasteiger partial charge on any atom is -0.381 e. The van der Waals surface area contributed by atoms with Crippen LogP contribution in [0.25, 0.3) is 0 Å². The second kappa shape index (κ2) is 5.00. The van der Waals surface area contributed by atoms with Crippen LogP contribution in [0.5, 0.6) is 0 Å². The molecule has 3 rings (SSSR count). The van der Waals surface area contributed by atoms with Gasteiger partial charge in [-0.3, -0.25) is 4.99 Å². The van der Waals surface area contributed by atoms with Gasteiger partial charge in [0, 0.05) is 23.8 Å². The van der Waals surface area contributed by atoms with E-state index >= 15 is 0 Å². The van der Waals surface area contributed by atoms with Crippen LogP contribution in [0.2, 0.25) is 0 Å². The molecule has 1 aromatic rings. The largest absolute Gasteiger partial charge is 0.381 e. The number of nitrogens with one attached hydrogen (secondary N) is 1. The van der Waals surface area contributed by atoms with Crippen LogP contribution in [-0.2, 0) is 11.3 Å². The Morgan fingerprint density at radius 3 is 3.06 bits per heavy atom. The summed E-state index contributed by atoms with van der Waals surface area (Å²) in [5.74, 6) is 1.14. The van der Waals surface area contributed by atoms with E-state index in [2.05, 4.69) is 27.8 Å². The molecule has 1 aromatic heterocycles. The molecular formula is C12H16N2OS2. The number of hydrogen-bond acceptors (Lipinski definition) is 4. The van der Waals surface area contributed by atoms with Crippen LogP contribution < -0.4 is 5.32 Å². The number of thioether (sulfide) groups is 1. The highest BCUT2D eigenvalue weighted by Crippen LogP contribution is 2.31. The number of thiophene rings is 1. The lowest BCUT2D eigenvalue weighted by Gasteiger charge is -2.32. The van der Waals surface area contributed by atoms with Crippen molar-refractivity contribution in [1.82, 2.24) is 5.32 Å². The predicted octanol–water partition coefficient (Wildman–Crippen LogP) is 2.49. The van der Waals surface area contributed by atoms with Gasteiger partial charge in [0.05, 0.1) is 12.1 Å². The zero-order valence-corrected chi connectivity index (χ0v) is 11.3. The number of hydrogen-bond donors (Lipinski definition) is 1. The minimum absolute atomic E-state index is 0.261. The van der Waals surface area contributed by atoms with Crippen molar-refractivity contribution in [3.05, 3.63) is 22.4 Å². The van der Waals surface area contributed by atoms with Gasteiger partial charge in [0.1, 0.15) is 0 Å². The molecule has 92 valence electrons. The molecular weight excluding hydrogens is 252 g/mol. The second-order valence-electron chi connectivity index (χ2n) is 4.51. The first-order valence-corrected chi connectivity index (χ1v) is 7.78. The number of amidine groups is 1. The molecule has 2 aliphatic heterocycles. The lowest BCUT2D eigenvalue weighted by atomic mass is 9.93. The van der Waals surface area contributed by atoms with Crippen molar-refractivity contribution in [2.24, 2.45) is 4.99 Å². The zero-order valence-electron chi connectivity index (χ0n) is 9.65. The quantitative estimate of drug-likeness (QED) is 0.894. The van der Waals surface area contributed by atoms with Crippen LogP contribution >= 0.6 is 23.1 Å². The molecule has 2 aliphatic rings. The zero-order chi connectivity index (χ0) is 11.6. The van der Waals surface area contributed by atoms with E-state index in [1.807, 2.05) is 11.8 Å². The highest BCUT2D eigenvalue weighted by atomic mass is 32.2. The standard InChI is InChI=1S/C12H16N2OS2/c1-2-10(16-7-1)8-13-11-14-12(9-17-11)3-5-15-6-4-12/h1-2,7H,3-6,8-9H2,(H,13,14). The first kappa shape index (κ1) is 11.6. The molecule has 0 amide bonds. The number of rotatable bonds is 2. The Kier molecular flexibility index (Phi) is 3.40. The van der Waals surface area contributed by atoms with Crippen molar-refractivity contribution in [3.63, 3.8) is 0 Å². The maximum Gasteiger partial charge on any atom is 0.157 e. The molecule has 2 saturated heterocycles. The molecule has 0 aliphatic carbocycles. The molecule has 0 unspecified atom stereocenters. The van der Waals surface area contributed by atoms with E-state index in [0.29, 0.717) is 0 Å². The van der Waals surface area contributed by atoms with Crippen LogP contribution in [0, 0.1) is 0 Å². The molecule has 3 nitrogen and oxygen atoms in total.